The van der Waals surface area contributed by atoms with Crippen molar-refractivity contribution < 1.29 is 13.2 Å². The molecule has 17 heavy (non-hydrogen) atoms. The van der Waals surface area contributed by atoms with Gasteiger partial charge in [0.2, 0.25) is 0 Å². The monoisotopic (exact) mass is 253 g/mol. The van der Waals surface area contributed by atoms with E-state index in [-0.39, 0.29) is 4.90 Å². The van der Waals surface area contributed by atoms with Gasteiger partial charge < -0.3 is 4.74 Å². The normalized spacial score (nSPS) is 11.9. The van der Waals surface area contributed by atoms with Gasteiger partial charge in [-0.2, -0.15) is 5.26 Å². The molecule has 0 aliphatic rings. The lowest BCUT2D eigenvalue weighted by molar-refractivity contribution is 0.340. The fourth-order valence-corrected chi connectivity index (χ4v) is 2.44. The van der Waals surface area contributed by atoms with Gasteiger partial charge in [0.25, 0.3) is 0 Å². The van der Waals surface area contributed by atoms with Crippen LogP contribution in [0, 0.1) is 11.3 Å². The highest BCUT2D eigenvalue weighted by Gasteiger charge is 2.35. The first-order chi connectivity index (χ1) is 7.85. The van der Waals surface area contributed by atoms with Crippen LogP contribution >= 0.6 is 0 Å². The highest BCUT2D eigenvalue weighted by molar-refractivity contribution is 7.93. The molecule has 0 spiro atoms. The van der Waals surface area contributed by atoms with E-state index in [1.165, 1.54) is 26.0 Å². The van der Waals surface area contributed by atoms with E-state index in [1.807, 2.05) is 6.92 Å². The zero-order chi connectivity index (χ0) is 13.1. The molecule has 5 heteroatoms. The van der Waals surface area contributed by atoms with Crippen molar-refractivity contribution in [2.75, 3.05) is 6.61 Å². The lowest BCUT2D eigenvalue weighted by Crippen LogP contribution is -2.29. The smallest absolute Gasteiger partial charge is 0.196 e. The average molecular weight is 253 g/mol. The Morgan fingerprint density at radius 1 is 1.29 bits per heavy atom. The van der Waals surface area contributed by atoms with Crippen molar-refractivity contribution in [1.82, 2.24) is 0 Å². The largest absolute Gasteiger partial charge is 0.494 e. The first-order valence-electron chi connectivity index (χ1n) is 5.24. The van der Waals surface area contributed by atoms with Crippen LogP contribution in [0.5, 0.6) is 5.75 Å². The van der Waals surface area contributed by atoms with Crippen molar-refractivity contribution in [2.24, 2.45) is 0 Å². The number of benzene rings is 1. The van der Waals surface area contributed by atoms with Crippen LogP contribution in [0.3, 0.4) is 0 Å². The molecule has 0 amide bonds. The van der Waals surface area contributed by atoms with Crippen molar-refractivity contribution in [3.63, 3.8) is 0 Å². The van der Waals surface area contributed by atoms with Crippen molar-refractivity contribution in [3.05, 3.63) is 24.3 Å². The van der Waals surface area contributed by atoms with E-state index in [9.17, 15) is 8.42 Å². The van der Waals surface area contributed by atoms with Crippen LogP contribution < -0.4 is 4.74 Å². The fourth-order valence-electron chi connectivity index (χ4n) is 1.24. The Morgan fingerprint density at radius 3 is 2.24 bits per heavy atom. The van der Waals surface area contributed by atoms with Crippen LogP contribution in [-0.2, 0) is 9.84 Å². The average Bonchev–Trinajstić information content (AvgIpc) is 2.30. The summed E-state index contributed by atoms with van der Waals surface area (Å²) in [6.45, 7) is 5.15. The molecule has 4 nitrogen and oxygen atoms in total. The molecule has 0 heterocycles. The van der Waals surface area contributed by atoms with Crippen LogP contribution in [0.2, 0.25) is 0 Å². The molecule has 1 aromatic carbocycles. The lowest BCUT2D eigenvalue weighted by atomic mass is 10.2. The number of rotatable bonds is 4. The van der Waals surface area contributed by atoms with Crippen LogP contribution in [-0.4, -0.2) is 19.8 Å². The molecule has 0 radical (unpaired) electrons. The molecule has 0 N–H and O–H groups in total. The van der Waals surface area contributed by atoms with E-state index in [0.29, 0.717) is 12.4 Å². The van der Waals surface area contributed by atoms with Gasteiger partial charge in [0.1, 0.15) is 5.75 Å². The van der Waals surface area contributed by atoms with Crippen LogP contribution in [0.15, 0.2) is 29.2 Å². The quantitative estimate of drug-likeness (QED) is 0.824. The number of nitriles is 1. The first-order valence-corrected chi connectivity index (χ1v) is 6.72. The molecule has 92 valence electrons. The zero-order valence-electron chi connectivity index (χ0n) is 10.1. The van der Waals surface area contributed by atoms with E-state index in [2.05, 4.69) is 0 Å². The minimum Gasteiger partial charge on any atom is -0.494 e. The minimum atomic E-state index is -3.64. The second-order valence-corrected chi connectivity index (χ2v) is 6.53. The van der Waals surface area contributed by atoms with Gasteiger partial charge in [0.05, 0.1) is 17.6 Å². The van der Waals surface area contributed by atoms with Crippen molar-refractivity contribution in [3.8, 4) is 11.8 Å². The minimum absolute atomic E-state index is 0.132. The Balaban J connectivity index is 3.15. The van der Waals surface area contributed by atoms with E-state index in [1.54, 1.807) is 18.2 Å². The molecular formula is C12H15NO3S. The van der Waals surface area contributed by atoms with Crippen LogP contribution in [0.25, 0.3) is 0 Å². The summed E-state index contributed by atoms with van der Waals surface area (Å²) in [5.41, 5.74) is 0. The van der Waals surface area contributed by atoms with Gasteiger partial charge in [-0.15, -0.1) is 0 Å². The fraction of sp³-hybridized carbons (Fsp3) is 0.417. The standard InChI is InChI=1S/C12H15NO3S/c1-4-16-10-5-7-11(8-6-10)17(14,15)12(2,3)9-13/h5-8H,4H2,1-3H3. The Hall–Kier alpha value is -1.54. The van der Waals surface area contributed by atoms with Gasteiger partial charge in [-0.3, -0.25) is 0 Å². The maximum atomic E-state index is 12.1. The van der Waals surface area contributed by atoms with Crippen molar-refractivity contribution in [1.29, 1.82) is 5.26 Å². The Bertz CT molecular complexity index is 524. The first kappa shape index (κ1) is 13.5. The van der Waals surface area contributed by atoms with Crippen molar-refractivity contribution >= 4 is 9.84 Å². The summed E-state index contributed by atoms with van der Waals surface area (Å²) in [5.74, 6) is 0.612. The van der Waals surface area contributed by atoms with Gasteiger partial charge in [-0.25, -0.2) is 8.42 Å². The van der Waals surface area contributed by atoms with E-state index >= 15 is 0 Å². The molecule has 1 rings (SSSR count). The molecular weight excluding hydrogens is 238 g/mol. The summed E-state index contributed by atoms with van der Waals surface area (Å²) in [4.78, 5) is 0.132. The topological polar surface area (TPSA) is 67.2 Å². The third kappa shape index (κ3) is 2.59. The SMILES string of the molecule is CCOc1ccc(S(=O)(=O)C(C)(C)C#N)cc1. The van der Waals surface area contributed by atoms with Crippen molar-refractivity contribution in [2.45, 2.75) is 30.4 Å². The Morgan fingerprint density at radius 2 is 1.82 bits per heavy atom. The molecule has 0 aliphatic carbocycles. The summed E-state index contributed by atoms with van der Waals surface area (Å²) in [7, 11) is -3.64. The molecule has 0 bridgehead atoms. The predicted molar refractivity (Wildman–Crippen MR) is 64.5 cm³/mol. The van der Waals surface area contributed by atoms with E-state index in [0.717, 1.165) is 0 Å². The number of sulfone groups is 1. The number of ether oxygens (including phenoxy) is 1. The van der Waals surface area contributed by atoms with Crippen LogP contribution in [0.1, 0.15) is 20.8 Å². The molecule has 0 atom stereocenters. The maximum Gasteiger partial charge on any atom is 0.196 e. The van der Waals surface area contributed by atoms with Crippen LogP contribution in [0.4, 0.5) is 0 Å². The lowest BCUT2D eigenvalue weighted by Gasteiger charge is -2.16. The van der Waals surface area contributed by atoms with Gasteiger partial charge in [-0.05, 0) is 45.0 Å². The summed E-state index contributed by atoms with van der Waals surface area (Å²) in [6.07, 6.45) is 0. The summed E-state index contributed by atoms with van der Waals surface area (Å²) in [5, 5.41) is 8.88. The highest BCUT2D eigenvalue weighted by Crippen LogP contribution is 2.26. The summed E-state index contributed by atoms with van der Waals surface area (Å²) in [6, 6.07) is 7.89. The molecule has 0 aliphatic heterocycles. The Kier molecular flexibility index (Phi) is 3.79. The molecule has 0 saturated heterocycles. The maximum absolute atomic E-state index is 12.1. The summed E-state index contributed by atoms with van der Waals surface area (Å²) < 4.78 is 28.0. The Labute approximate surface area is 102 Å². The van der Waals surface area contributed by atoms with Gasteiger partial charge in [0.15, 0.2) is 14.6 Å². The second kappa shape index (κ2) is 4.76. The number of nitrogens with zero attached hydrogens (tertiary/aromatic N) is 1. The molecule has 1 aromatic rings. The van der Waals surface area contributed by atoms with Gasteiger partial charge >= 0.3 is 0 Å². The molecule has 0 unspecified atom stereocenters. The third-order valence-corrected chi connectivity index (χ3v) is 4.71. The second-order valence-electron chi connectivity index (χ2n) is 4.03. The zero-order valence-corrected chi connectivity index (χ0v) is 10.9. The third-order valence-electron chi connectivity index (χ3n) is 2.39. The summed E-state index contributed by atoms with van der Waals surface area (Å²) >= 11 is 0. The molecule has 0 saturated carbocycles. The number of hydrogen-bond acceptors (Lipinski definition) is 4. The van der Waals surface area contributed by atoms with E-state index < -0.39 is 14.6 Å². The van der Waals surface area contributed by atoms with Gasteiger partial charge in [-0.1, -0.05) is 0 Å². The van der Waals surface area contributed by atoms with E-state index in [4.69, 9.17) is 10.00 Å². The predicted octanol–water partition coefficient (Wildman–Crippen LogP) is 2.16. The number of hydrogen-bond donors (Lipinski definition) is 0. The molecule has 0 fully saturated rings. The molecule has 0 aromatic heterocycles. The highest BCUT2D eigenvalue weighted by atomic mass is 32.2. The van der Waals surface area contributed by atoms with Gasteiger partial charge in [0, 0.05) is 0 Å².